The van der Waals surface area contributed by atoms with Gasteiger partial charge in [0.05, 0.1) is 16.7 Å². The zero-order valence-corrected chi connectivity index (χ0v) is 30.2. The lowest BCUT2D eigenvalue weighted by Crippen LogP contribution is -2.33. The van der Waals surface area contributed by atoms with Crippen LogP contribution in [0.15, 0.2) is 180 Å². The molecule has 0 bridgehead atoms. The first-order valence-corrected chi connectivity index (χ1v) is 19.4. The van der Waals surface area contributed by atoms with Crippen molar-refractivity contribution < 1.29 is 0 Å². The van der Waals surface area contributed by atoms with Crippen LogP contribution in [0.1, 0.15) is 34.2 Å². The Morgan fingerprint density at radius 2 is 1.30 bits per heavy atom. The Morgan fingerprint density at radius 1 is 0.593 bits per heavy atom. The third-order valence-corrected chi connectivity index (χ3v) is 12.1. The van der Waals surface area contributed by atoms with E-state index in [0.29, 0.717) is 0 Å². The van der Waals surface area contributed by atoms with Crippen LogP contribution in [-0.2, 0) is 6.42 Å². The van der Waals surface area contributed by atoms with Crippen molar-refractivity contribution in [2.75, 3.05) is 0 Å². The quantitative estimate of drug-likeness (QED) is 0.190. The third kappa shape index (κ3) is 5.04. The maximum atomic E-state index is 5.28. The van der Waals surface area contributed by atoms with Crippen molar-refractivity contribution in [3.63, 3.8) is 0 Å². The second kappa shape index (κ2) is 12.5. The van der Waals surface area contributed by atoms with Crippen molar-refractivity contribution in [1.29, 1.82) is 0 Å². The van der Waals surface area contributed by atoms with Crippen molar-refractivity contribution in [1.82, 2.24) is 9.88 Å². The smallest absolute Gasteiger partial charge is 0.159 e. The minimum Gasteiger partial charge on any atom is -0.344 e. The Hall–Kier alpha value is -6.56. The van der Waals surface area contributed by atoms with Crippen LogP contribution in [0.25, 0.3) is 65.1 Å². The average Bonchev–Trinajstić information content (AvgIpc) is 3.79. The highest BCUT2D eigenvalue weighted by Gasteiger charge is 2.27. The van der Waals surface area contributed by atoms with Gasteiger partial charge in [-0.25, -0.2) is 9.98 Å². The van der Waals surface area contributed by atoms with E-state index in [2.05, 4.69) is 174 Å². The number of aromatic nitrogens is 1. The van der Waals surface area contributed by atoms with E-state index < -0.39 is 0 Å². The van der Waals surface area contributed by atoms with E-state index in [0.717, 1.165) is 41.2 Å². The molecule has 0 saturated carbocycles. The molecule has 0 saturated heterocycles. The van der Waals surface area contributed by atoms with Gasteiger partial charge >= 0.3 is 0 Å². The molecule has 0 amide bonds. The van der Waals surface area contributed by atoms with Gasteiger partial charge in [-0.1, -0.05) is 133 Å². The molecule has 1 unspecified atom stereocenters. The van der Waals surface area contributed by atoms with Gasteiger partial charge in [0.1, 0.15) is 12.0 Å². The fourth-order valence-electron chi connectivity index (χ4n) is 8.39. The second-order valence-corrected chi connectivity index (χ2v) is 15.2. The summed E-state index contributed by atoms with van der Waals surface area (Å²) in [5, 5.41) is 9.89. The first-order valence-electron chi connectivity index (χ1n) is 18.6. The summed E-state index contributed by atoms with van der Waals surface area (Å²) in [6, 6.07) is 58.9. The summed E-state index contributed by atoms with van der Waals surface area (Å²) in [7, 11) is 0. The van der Waals surface area contributed by atoms with Gasteiger partial charge in [0, 0.05) is 47.8 Å². The molecule has 1 N–H and O–H groups in total. The van der Waals surface area contributed by atoms with Crippen LogP contribution in [0.4, 0.5) is 0 Å². The number of para-hydroxylation sites is 1. The monoisotopic (exact) mass is 710 g/mol. The largest absolute Gasteiger partial charge is 0.344 e. The molecule has 256 valence electrons. The highest BCUT2D eigenvalue weighted by Crippen LogP contribution is 2.43. The Kier molecular flexibility index (Phi) is 7.20. The lowest BCUT2D eigenvalue weighted by Gasteiger charge is -2.25. The number of aliphatic imine (C=N–C) groups is 2. The molecule has 0 fully saturated rings. The maximum Gasteiger partial charge on any atom is 0.159 e. The van der Waals surface area contributed by atoms with Gasteiger partial charge in [-0.3, -0.25) is 0 Å². The topological polar surface area (TPSA) is 41.7 Å². The number of nitrogens with zero attached hydrogens (tertiary/aromatic N) is 3. The summed E-state index contributed by atoms with van der Waals surface area (Å²) in [5.74, 6) is 1.63. The van der Waals surface area contributed by atoms with Crippen LogP contribution < -0.4 is 5.32 Å². The fourth-order valence-corrected chi connectivity index (χ4v) is 9.60. The molecule has 5 heteroatoms. The van der Waals surface area contributed by atoms with Gasteiger partial charge < -0.3 is 9.88 Å². The number of rotatable bonds is 5. The van der Waals surface area contributed by atoms with E-state index in [9.17, 15) is 0 Å². The van der Waals surface area contributed by atoms with E-state index in [4.69, 9.17) is 9.98 Å². The minimum atomic E-state index is -0.233. The van der Waals surface area contributed by atoms with Gasteiger partial charge in [0.25, 0.3) is 0 Å². The van der Waals surface area contributed by atoms with Crippen molar-refractivity contribution in [3.8, 4) is 16.8 Å². The van der Waals surface area contributed by atoms with E-state index >= 15 is 0 Å². The molecule has 3 heterocycles. The summed E-state index contributed by atoms with van der Waals surface area (Å²) >= 11 is 1.91. The average molecular weight is 711 g/mol. The predicted molar refractivity (Wildman–Crippen MR) is 228 cm³/mol. The molecule has 9 aromatic rings. The van der Waals surface area contributed by atoms with Crippen molar-refractivity contribution in [2.45, 2.75) is 19.0 Å². The molecule has 4 nitrogen and oxygen atoms in total. The van der Waals surface area contributed by atoms with Gasteiger partial charge in [-0.15, -0.1) is 11.3 Å². The van der Waals surface area contributed by atoms with Crippen LogP contribution >= 0.6 is 11.3 Å². The zero-order valence-electron chi connectivity index (χ0n) is 29.4. The molecule has 11 rings (SSSR count). The maximum absolute atomic E-state index is 5.28. The summed E-state index contributed by atoms with van der Waals surface area (Å²) in [5.41, 5.74) is 10.6. The second-order valence-electron chi connectivity index (χ2n) is 14.1. The van der Waals surface area contributed by atoms with Crippen LogP contribution in [0.5, 0.6) is 0 Å². The molecule has 2 aliphatic rings. The molecule has 7 aromatic carbocycles. The Labute approximate surface area is 317 Å². The van der Waals surface area contributed by atoms with E-state index in [-0.39, 0.29) is 6.17 Å². The molecule has 54 heavy (non-hydrogen) atoms. The van der Waals surface area contributed by atoms with Gasteiger partial charge in [0.2, 0.25) is 0 Å². The number of allylic oxidation sites excluding steroid dienone is 1. The molecule has 1 aliphatic heterocycles. The van der Waals surface area contributed by atoms with Gasteiger partial charge in [0.15, 0.2) is 5.84 Å². The number of fused-ring (bicyclic) bond motifs is 7. The standard InChI is InChI=1S/C49H34N4S/c1-3-14-32(15-4-1)47-50-48(33-16-5-2-6-17-33)52-49(51-47)38-21-12-24-45-46(38)40-30-35(26-28-44(40)54-45)34-25-27-43-39(29-34)37-20-9-10-22-42(37)53(43)41-23-11-18-31-13-7-8-19-36(31)41/h1-11,13-23,25-30,47H,12,24H2,(H,50,51,52). The van der Waals surface area contributed by atoms with Gasteiger partial charge in [-0.2, -0.15) is 0 Å². The molecule has 1 aliphatic carbocycles. The number of aryl methyl sites for hydroxylation is 1. The number of benzene rings is 7. The molecular weight excluding hydrogens is 677 g/mol. The molecule has 0 spiro atoms. The number of nitrogens with one attached hydrogen (secondary N) is 1. The highest BCUT2D eigenvalue weighted by atomic mass is 32.1. The van der Waals surface area contributed by atoms with Crippen molar-refractivity contribution in [2.24, 2.45) is 9.98 Å². The van der Waals surface area contributed by atoms with Crippen LogP contribution in [0.3, 0.4) is 0 Å². The Bertz CT molecular complexity index is 3010. The number of hydrogen-bond acceptors (Lipinski definition) is 4. The first-order chi connectivity index (χ1) is 26.8. The normalized spacial score (nSPS) is 15.6. The van der Waals surface area contributed by atoms with Crippen LogP contribution in [-0.4, -0.2) is 16.2 Å². The first kappa shape index (κ1) is 31.0. The molecular formula is C49H34N4S. The number of amidine groups is 2. The SMILES string of the molecule is C1=C(C2=NC(c3ccccc3)NC(c3ccccc3)=N2)c2c(sc3ccc(-c4ccc5c(c4)c4ccccc4n5-c4cccc5ccccc45)cc23)CC1. The van der Waals surface area contributed by atoms with Crippen LogP contribution in [0, 0.1) is 0 Å². The lowest BCUT2D eigenvalue weighted by atomic mass is 9.92. The zero-order chi connectivity index (χ0) is 35.6. The Morgan fingerprint density at radius 3 is 2.17 bits per heavy atom. The molecule has 2 aromatic heterocycles. The van der Waals surface area contributed by atoms with Gasteiger partial charge in [-0.05, 0) is 71.3 Å². The minimum absolute atomic E-state index is 0.233. The van der Waals surface area contributed by atoms with E-state index in [1.807, 2.05) is 17.4 Å². The number of hydrogen-bond donors (Lipinski definition) is 1. The molecule has 1 atom stereocenters. The van der Waals surface area contributed by atoms with Crippen molar-refractivity contribution >= 4 is 71.2 Å². The summed E-state index contributed by atoms with van der Waals surface area (Å²) in [6.45, 7) is 0. The summed E-state index contributed by atoms with van der Waals surface area (Å²) < 4.78 is 3.73. The fraction of sp³-hybridized carbons (Fsp3) is 0.0612. The molecule has 0 radical (unpaired) electrons. The predicted octanol–water partition coefficient (Wildman–Crippen LogP) is 12.3. The number of thiophene rings is 1. The summed E-state index contributed by atoms with van der Waals surface area (Å²) in [4.78, 5) is 11.9. The lowest BCUT2D eigenvalue weighted by molar-refractivity contribution is 0.675. The summed E-state index contributed by atoms with van der Waals surface area (Å²) in [6.07, 6.45) is 4.12. The van der Waals surface area contributed by atoms with Crippen LogP contribution in [0.2, 0.25) is 0 Å². The third-order valence-electron chi connectivity index (χ3n) is 10.9. The van der Waals surface area contributed by atoms with E-state index in [1.54, 1.807) is 0 Å². The van der Waals surface area contributed by atoms with E-state index in [1.165, 1.54) is 69.9 Å². The Balaban J connectivity index is 1.05. The highest BCUT2D eigenvalue weighted by molar-refractivity contribution is 7.19. The van der Waals surface area contributed by atoms with Crippen molar-refractivity contribution in [3.05, 3.63) is 191 Å².